The van der Waals surface area contributed by atoms with Gasteiger partial charge in [0.1, 0.15) is 0 Å². The van der Waals surface area contributed by atoms with Crippen molar-refractivity contribution in [2.75, 3.05) is 20.0 Å². The van der Waals surface area contributed by atoms with Gasteiger partial charge in [0.2, 0.25) is 0 Å². The second-order valence-electron chi connectivity index (χ2n) is 3.14. The van der Waals surface area contributed by atoms with E-state index in [9.17, 15) is 13.2 Å². The maximum Gasteiger partial charge on any atom is 0.448 e. The van der Waals surface area contributed by atoms with Crippen LogP contribution < -0.4 is 5.73 Å². The highest BCUT2D eigenvalue weighted by atomic mass is 19.4. The van der Waals surface area contributed by atoms with Crippen molar-refractivity contribution in [3.63, 3.8) is 0 Å². The number of alkyl halides is 3. The third kappa shape index (κ3) is 1.98. The third-order valence-electron chi connectivity index (χ3n) is 2.24. The molecule has 0 aromatic heterocycles. The third-order valence-corrected chi connectivity index (χ3v) is 2.24. The van der Waals surface area contributed by atoms with Gasteiger partial charge in [0.05, 0.1) is 0 Å². The quantitative estimate of drug-likeness (QED) is 0.645. The summed E-state index contributed by atoms with van der Waals surface area (Å²) in [7, 11) is 1.88. The molecule has 0 aliphatic carbocycles. The van der Waals surface area contributed by atoms with E-state index in [0.717, 1.165) is 14.2 Å². The monoisotopic (exact) mass is 235 g/mol. The lowest BCUT2D eigenvalue weighted by Crippen LogP contribution is -2.45. The van der Waals surface area contributed by atoms with Gasteiger partial charge in [-0.1, -0.05) is 12.1 Å². The Hall–Kier alpha value is -1.27. The molecular weight excluding hydrogens is 223 g/mol. The Kier molecular flexibility index (Phi) is 3.44. The van der Waals surface area contributed by atoms with Gasteiger partial charge in [-0.25, -0.2) is 0 Å². The fraction of sp³-hybridized carbons (Fsp3) is 0.400. The molecule has 1 aromatic rings. The summed E-state index contributed by atoms with van der Waals surface area (Å²) in [4.78, 5) is 0. The molecule has 0 amide bonds. The van der Waals surface area contributed by atoms with E-state index in [4.69, 9.17) is 5.73 Å². The van der Waals surface area contributed by atoms with E-state index in [1.807, 2.05) is 0 Å². The maximum absolute atomic E-state index is 12.9. The highest BCUT2D eigenvalue weighted by Crippen LogP contribution is 2.42. The van der Waals surface area contributed by atoms with Gasteiger partial charge in [0, 0.05) is 25.5 Å². The Morgan fingerprint density at radius 3 is 1.75 bits per heavy atom. The zero-order valence-electron chi connectivity index (χ0n) is 8.84. The molecule has 16 heavy (non-hydrogen) atoms. The number of rotatable bonds is 3. The van der Waals surface area contributed by atoms with Crippen LogP contribution >= 0.6 is 0 Å². The molecule has 0 aliphatic rings. The zero-order valence-corrected chi connectivity index (χ0v) is 8.84. The van der Waals surface area contributed by atoms with E-state index in [2.05, 4.69) is 9.47 Å². The fourth-order valence-electron chi connectivity index (χ4n) is 1.42. The highest BCUT2D eigenvalue weighted by molar-refractivity contribution is 5.40. The predicted molar refractivity (Wildman–Crippen MR) is 52.6 cm³/mol. The van der Waals surface area contributed by atoms with E-state index in [1.54, 1.807) is 0 Å². The summed E-state index contributed by atoms with van der Waals surface area (Å²) >= 11 is 0. The van der Waals surface area contributed by atoms with Crippen LogP contribution in [0.5, 0.6) is 0 Å². The minimum atomic E-state index is -4.67. The Morgan fingerprint density at radius 1 is 1.00 bits per heavy atom. The molecule has 0 bridgehead atoms. The standard InChI is InChI=1S/C10H12F3NO2/c1-15-9(16-2,10(11,12)13)7-3-5-8(14)6-4-7/h3-6H,14H2,1-2H3. The molecule has 6 heteroatoms. The van der Waals surface area contributed by atoms with Crippen LogP contribution in [0.15, 0.2) is 24.3 Å². The minimum absolute atomic E-state index is 0.154. The van der Waals surface area contributed by atoms with Gasteiger partial charge >= 0.3 is 6.18 Å². The van der Waals surface area contributed by atoms with E-state index < -0.39 is 12.0 Å². The summed E-state index contributed by atoms with van der Waals surface area (Å²) in [5.74, 6) is -2.75. The first-order valence-corrected chi connectivity index (χ1v) is 4.40. The predicted octanol–water partition coefficient (Wildman–Crippen LogP) is 2.28. The molecular formula is C10H12F3NO2. The number of hydrogen-bond donors (Lipinski definition) is 1. The van der Waals surface area contributed by atoms with Crippen LogP contribution in [0.3, 0.4) is 0 Å². The van der Waals surface area contributed by atoms with E-state index >= 15 is 0 Å². The minimum Gasteiger partial charge on any atom is -0.399 e. The lowest BCUT2D eigenvalue weighted by atomic mass is 10.0. The molecule has 0 spiro atoms. The van der Waals surface area contributed by atoms with Gasteiger partial charge in [0.25, 0.3) is 5.79 Å². The molecule has 0 aliphatic heterocycles. The number of nitrogens with two attached hydrogens (primary N) is 1. The van der Waals surface area contributed by atoms with Gasteiger partial charge in [-0.15, -0.1) is 0 Å². The van der Waals surface area contributed by atoms with Gasteiger partial charge in [-0.3, -0.25) is 0 Å². The Bertz CT molecular complexity index is 344. The molecule has 0 saturated carbocycles. The largest absolute Gasteiger partial charge is 0.448 e. The summed E-state index contributed by atoms with van der Waals surface area (Å²) in [6, 6.07) is 5.15. The van der Waals surface area contributed by atoms with E-state index in [0.29, 0.717) is 5.69 Å². The SMILES string of the molecule is COC(OC)(c1ccc(N)cc1)C(F)(F)F. The van der Waals surface area contributed by atoms with Crippen LogP contribution in [0.4, 0.5) is 18.9 Å². The van der Waals surface area contributed by atoms with E-state index in [-0.39, 0.29) is 5.56 Å². The Morgan fingerprint density at radius 2 is 1.44 bits per heavy atom. The van der Waals surface area contributed by atoms with Crippen molar-refractivity contribution in [3.8, 4) is 0 Å². The number of halogens is 3. The lowest BCUT2D eigenvalue weighted by molar-refractivity contribution is -0.376. The molecule has 1 rings (SSSR count). The summed E-state index contributed by atoms with van der Waals surface area (Å²) in [5.41, 5.74) is 5.61. The van der Waals surface area contributed by atoms with Crippen LogP contribution in [-0.2, 0) is 15.3 Å². The molecule has 0 heterocycles. The van der Waals surface area contributed by atoms with Crippen molar-refractivity contribution in [1.29, 1.82) is 0 Å². The first kappa shape index (κ1) is 12.8. The van der Waals surface area contributed by atoms with Crippen molar-refractivity contribution in [2.24, 2.45) is 0 Å². The molecule has 0 atom stereocenters. The molecule has 0 fully saturated rings. The maximum atomic E-state index is 12.9. The summed E-state index contributed by atoms with van der Waals surface area (Å²) in [5, 5.41) is 0. The molecule has 0 saturated heterocycles. The molecule has 2 N–H and O–H groups in total. The highest BCUT2D eigenvalue weighted by Gasteiger charge is 2.58. The van der Waals surface area contributed by atoms with Gasteiger partial charge in [-0.05, 0) is 12.1 Å². The van der Waals surface area contributed by atoms with Crippen LogP contribution in [-0.4, -0.2) is 20.4 Å². The Labute approximate surface area is 91.0 Å². The first-order valence-electron chi connectivity index (χ1n) is 4.40. The van der Waals surface area contributed by atoms with Crippen molar-refractivity contribution in [1.82, 2.24) is 0 Å². The number of hydrogen-bond acceptors (Lipinski definition) is 3. The molecule has 0 radical (unpaired) electrons. The van der Waals surface area contributed by atoms with Crippen LogP contribution in [0.2, 0.25) is 0 Å². The van der Waals surface area contributed by atoms with Crippen LogP contribution in [0.1, 0.15) is 5.56 Å². The number of anilines is 1. The number of methoxy groups -OCH3 is 2. The summed E-state index contributed by atoms with van der Waals surface area (Å²) in [6.07, 6.45) is -4.67. The molecule has 90 valence electrons. The fourth-order valence-corrected chi connectivity index (χ4v) is 1.42. The lowest BCUT2D eigenvalue weighted by Gasteiger charge is -2.32. The Balaban J connectivity index is 3.26. The average molecular weight is 235 g/mol. The van der Waals surface area contributed by atoms with Gasteiger partial charge < -0.3 is 15.2 Å². The number of benzene rings is 1. The van der Waals surface area contributed by atoms with Crippen molar-refractivity contribution in [2.45, 2.75) is 12.0 Å². The second-order valence-corrected chi connectivity index (χ2v) is 3.14. The zero-order chi connectivity index (χ0) is 12.4. The topological polar surface area (TPSA) is 44.5 Å². The van der Waals surface area contributed by atoms with Gasteiger partial charge in [-0.2, -0.15) is 13.2 Å². The van der Waals surface area contributed by atoms with Crippen molar-refractivity contribution < 1.29 is 22.6 Å². The summed E-state index contributed by atoms with van der Waals surface area (Å²) < 4.78 is 47.6. The summed E-state index contributed by atoms with van der Waals surface area (Å²) in [6.45, 7) is 0. The molecule has 3 nitrogen and oxygen atoms in total. The van der Waals surface area contributed by atoms with Gasteiger partial charge in [0.15, 0.2) is 0 Å². The first-order chi connectivity index (χ1) is 7.37. The second kappa shape index (κ2) is 4.31. The number of nitrogen functional groups attached to an aromatic ring is 1. The normalized spacial score (nSPS) is 12.8. The van der Waals surface area contributed by atoms with E-state index in [1.165, 1.54) is 24.3 Å². The van der Waals surface area contributed by atoms with Crippen LogP contribution in [0.25, 0.3) is 0 Å². The van der Waals surface area contributed by atoms with Crippen LogP contribution in [0, 0.1) is 0 Å². The molecule has 1 aromatic carbocycles. The molecule has 0 unspecified atom stereocenters. The number of ether oxygens (including phenoxy) is 2. The smallest absolute Gasteiger partial charge is 0.399 e. The average Bonchev–Trinajstić information content (AvgIpc) is 2.21. The van der Waals surface area contributed by atoms with Crippen molar-refractivity contribution >= 4 is 5.69 Å². The van der Waals surface area contributed by atoms with Crippen molar-refractivity contribution in [3.05, 3.63) is 29.8 Å².